The Morgan fingerprint density at radius 1 is 1.67 bits per heavy atom. The van der Waals surface area contributed by atoms with E-state index in [1.54, 1.807) is 0 Å². The maximum absolute atomic E-state index is 9.88. The van der Waals surface area contributed by atoms with Crippen LogP contribution < -0.4 is 0 Å². The molecule has 0 saturated heterocycles. The third kappa shape index (κ3) is 1.72. The average Bonchev–Trinajstić information content (AvgIpc) is 1.65. The minimum absolute atomic E-state index is 0.400. The molecule has 0 spiro atoms. The Bertz CT molecular complexity index is 76.8. The summed E-state index contributed by atoms with van der Waals surface area (Å²) in [6, 6.07) is 0. The molecule has 0 unspecified atom stereocenters. The highest BCUT2D eigenvalue weighted by Gasteiger charge is 1.88. The molecule has 0 aromatic heterocycles. The van der Waals surface area contributed by atoms with Crippen molar-refractivity contribution in [2.45, 2.75) is 0 Å². The van der Waals surface area contributed by atoms with Gasteiger partial charge < -0.3 is 4.46 Å². The predicted octanol–water partition coefficient (Wildman–Crippen LogP) is -0.0945. The summed E-state index contributed by atoms with van der Waals surface area (Å²) in [6.07, 6.45) is 0. The third-order valence-electron chi connectivity index (χ3n) is 0.317. The Morgan fingerprint density at radius 3 is 2.17 bits per heavy atom. The van der Waals surface area contributed by atoms with Crippen LogP contribution in [0.15, 0.2) is 12.3 Å². The molecule has 0 aliphatic rings. The number of carbonyl (C=O) groups is 1. The Labute approximate surface area is 37.1 Å². The van der Waals surface area contributed by atoms with E-state index >= 15 is 0 Å². The number of rotatable bonds is 2. The smallest absolute Gasteiger partial charge is 0.372 e. The molecule has 0 rings (SSSR count). The number of hydrogen-bond donors (Lipinski definition) is 0. The van der Waals surface area contributed by atoms with Crippen molar-refractivity contribution in [1.29, 1.82) is 0 Å². The van der Waals surface area contributed by atoms with Crippen LogP contribution >= 0.6 is 0 Å². The molecule has 0 aromatic carbocycles. The Balaban J connectivity index is 3.52. The normalized spacial score (nSPS) is 6.67. The van der Waals surface area contributed by atoms with Crippen molar-refractivity contribution in [1.82, 2.24) is 0 Å². The lowest BCUT2D eigenvalue weighted by molar-refractivity contribution is 0.548. The van der Waals surface area contributed by atoms with E-state index in [1.165, 1.54) is 0 Å². The second kappa shape index (κ2) is 2.65. The summed E-state index contributed by atoms with van der Waals surface area (Å²) < 4.78 is 9.88. The molecule has 2 nitrogen and oxygen atoms in total. The van der Waals surface area contributed by atoms with Gasteiger partial charge in [-0.25, -0.2) is 0 Å². The first-order valence-corrected chi connectivity index (χ1v) is 2.99. The first-order chi connectivity index (χ1) is 2.81. The van der Waals surface area contributed by atoms with Gasteiger partial charge in [0.15, 0.2) is 5.91 Å². The van der Waals surface area contributed by atoms with E-state index in [-0.39, 0.29) is 0 Å². The van der Waals surface area contributed by atoms with Crippen molar-refractivity contribution >= 4 is 14.6 Å². The van der Waals surface area contributed by atoms with Gasteiger partial charge in [0, 0.05) is 0 Å². The van der Waals surface area contributed by atoms with Crippen molar-refractivity contribution in [2.75, 3.05) is 0 Å². The SMILES string of the molecule is C=C[Si](=O)C=O. The van der Waals surface area contributed by atoms with Crippen LogP contribution in [0.4, 0.5) is 0 Å². The summed E-state index contributed by atoms with van der Waals surface area (Å²) in [6.45, 7) is 3.13. The van der Waals surface area contributed by atoms with E-state index < -0.39 is 8.68 Å². The lowest BCUT2D eigenvalue weighted by Crippen LogP contribution is -1.93. The van der Waals surface area contributed by atoms with Gasteiger partial charge in [0.25, 0.3) is 0 Å². The molecule has 0 saturated carbocycles. The molecule has 0 heterocycles. The molecule has 0 bridgehead atoms. The fourth-order valence-electron chi connectivity index (χ4n) is 0.0481. The highest BCUT2D eigenvalue weighted by molar-refractivity contribution is 6.76. The minimum atomic E-state index is -2.03. The van der Waals surface area contributed by atoms with Gasteiger partial charge in [0.05, 0.1) is 0 Å². The van der Waals surface area contributed by atoms with Crippen LogP contribution in [0.25, 0.3) is 0 Å². The molecule has 32 valence electrons. The van der Waals surface area contributed by atoms with Crippen LogP contribution in [-0.4, -0.2) is 14.6 Å². The molecular formula is C3H4O2Si. The maximum Gasteiger partial charge on any atom is 0.372 e. The minimum Gasteiger partial charge on any atom is -0.374 e. The summed E-state index contributed by atoms with van der Waals surface area (Å²) >= 11 is 0. The fraction of sp³-hybridized carbons (Fsp3) is 0. The van der Waals surface area contributed by atoms with E-state index in [2.05, 4.69) is 6.58 Å². The molecule has 3 heteroatoms. The zero-order valence-electron chi connectivity index (χ0n) is 3.18. The van der Waals surface area contributed by atoms with Crippen LogP contribution in [0, 0.1) is 0 Å². The molecule has 6 heavy (non-hydrogen) atoms. The van der Waals surface area contributed by atoms with Crippen LogP contribution in [0.5, 0.6) is 0 Å². The van der Waals surface area contributed by atoms with Gasteiger partial charge in [-0.3, -0.25) is 4.79 Å². The molecule has 0 aliphatic heterocycles. The van der Waals surface area contributed by atoms with Gasteiger partial charge in [-0.1, -0.05) is 6.58 Å². The Kier molecular flexibility index (Phi) is 2.40. The average molecular weight is 100 g/mol. The van der Waals surface area contributed by atoms with Gasteiger partial charge >= 0.3 is 8.68 Å². The van der Waals surface area contributed by atoms with Gasteiger partial charge in [-0.2, -0.15) is 0 Å². The standard InChI is InChI=1S/C3H4O2Si/c1-2-6(5)3-4/h2-3H,1H2. The molecule has 0 aliphatic carbocycles. The molecule has 0 radical (unpaired) electrons. The number of hydrogen-bond acceptors (Lipinski definition) is 2. The van der Waals surface area contributed by atoms with Gasteiger partial charge in [0.1, 0.15) is 0 Å². The predicted molar refractivity (Wildman–Crippen MR) is 23.4 cm³/mol. The molecule has 0 N–H and O–H groups in total. The summed E-state index contributed by atoms with van der Waals surface area (Å²) in [5.74, 6) is 0.400. The zero-order chi connectivity index (χ0) is 4.99. The van der Waals surface area contributed by atoms with Crippen LogP contribution in [0.1, 0.15) is 0 Å². The van der Waals surface area contributed by atoms with Gasteiger partial charge in [-0.15, -0.1) is 0 Å². The van der Waals surface area contributed by atoms with Crippen LogP contribution in [0.3, 0.4) is 0 Å². The summed E-state index contributed by atoms with van der Waals surface area (Å²) in [7, 11) is -2.03. The quantitative estimate of drug-likeness (QED) is 0.359. The maximum atomic E-state index is 9.88. The van der Waals surface area contributed by atoms with E-state index in [9.17, 15) is 9.26 Å². The Hall–Kier alpha value is -0.573. The molecule has 0 amide bonds. The lowest BCUT2D eigenvalue weighted by Gasteiger charge is -1.59. The second-order valence-corrected chi connectivity index (χ2v) is 2.17. The fourth-order valence-corrected chi connectivity index (χ4v) is 0.144. The van der Waals surface area contributed by atoms with E-state index in [1.807, 2.05) is 0 Å². The monoisotopic (exact) mass is 100.0 g/mol. The first-order valence-electron chi connectivity index (χ1n) is 1.43. The summed E-state index contributed by atoms with van der Waals surface area (Å²) in [5, 5.41) is 0. The van der Waals surface area contributed by atoms with Crippen molar-refractivity contribution in [2.24, 2.45) is 0 Å². The van der Waals surface area contributed by atoms with Gasteiger partial charge in [-0.05, 0) is 5.70 Å². The third-order valence-corrected chi connectivity index (χ3v) is 0.952. The first kappa shape index (κ1) is 5.43. The van der Waals surface area contributed by atoms with Crippen LogP contribution in [0.2, 0.25) is 0 Å². The largest absolute Gasteiger partial charge is 0.374 e. The second-order valence-electron chi connectivity index (χ2n) is 0.724. The van der Waals surface area contributed by atoms with Gasteiger partial charge in [0.2, 0.25) is 0 Å². The molecular weight excluding hydrogens is 96.1 g/mol. The highest BCUT2D eigenvalue weighted by Crippen LogP contribution is 1.55. The van der Waals surface area contributed by atoms with Crippen molar-refractivity contribution in [3.8, 4) is 0 Å². The van der Waals surface area contributed by atoms with Crippen molar-refractivity contribution < 1.29 is 9.26 Å². The lowest BCUT2D eigenvalue weighted by atomic mass is 11.3. The van der Waals surface area contributed by atoms with Crippen LogP contribution in [-0.2, 0) is 9.26 Å². The van der Waals surface area contributed by atoms with Crippen molar-refractivity contribution in [3.63, 3.8) is 0 Å². The molecule has 0 aromatic rings. The van der Waals surface area contributed by atoms with E-state index in [0.717, 1.165) is 5.70 Å². The van der Waals surface area contributed by atoms with E-state index in [0.29, 0.717) is 5.91 Å². The zero-order valence-corrected chi connectivity index (χ0v) is 4.18. The topological polar surface area (TPSA) is 34.1 Å². The van der Waals surface area contributed by atoms with E-state index in [4.69, 9.17) is 0 Å². The molecule has 0 atom stereocenters. The number of carbonyl (C=O) groups excluding carboxylic acids is 1. The Morgan fingerprint density at radius 2 is 2.17 bits per heavy atom. The molecule has 0 fully saturated rings. The highest BCUT2D eigenvalue weighted by atomic mass is 28.3. The summed E-state index contributed by atoms with van der Waals surface area (Å²) in [5.41, 5.74) is 1.15. The summed E-state index contributed by atoms with van der Waals surface area (Å²) in [4.78, 5) is 9.40. The van der Waals surface area contributed by atoms with Crippen molar-refractivity contribution in [3.05, 3.63) is 12.3 Å².